The Balaban J connectivity index is 1.49. The summed E-state index contributed by atoms with van der Waals surface area (Å²) in [5, 5.41) is 6.96. The van der Waals surface area contributed by atoms with Crippen molar-refractivity contribution in [2.45, 2.75) is 4.33 Å². The van der Waals surface area contributed by atoms with Gasteiger partial charge in [-0.1, -0.05) is 47.6 Å². The molecule has 3 heterocycles. The van der Waals surface area contributed by atoms with Crippen LogP contribution in [0.25, 0.3) is 6.08 Å². The molecule has 6 rings (SSSR count). The van der Waals surface area contributed by atoms with Crippen LogP contribution in [0.15, 0.2) is 82.8 Å². The number of methoxy groups -OCH3 is 1. The molecule has 0 N–H and O–H groups in total. The molecule has 37 heavy (non-hydrogen) atoms. The van der Waals surface area contributed by atoms with E-state index in [1.165, 1.54) is 18.9 Å². The largest absolute Gasteiger partial charge is 0.464 e. The number of anilines is 2. The van der Waals surface area contributed by atoms with Gasteiger partial charge in [-0.25, -0.2) is 9.80 Å². The van der Waals surface area contributed by atoms with Crippen LogP contribution in [-0.4, -0.2) is 35.1 Å². The topological polar surface area (TPSA) is 80.7 Å². The number of carbonyl (C=O) groups excluding carboxylic acids is 2. The molecule has 3 aromatic carbocycles. The van der Waals surface area contributed by atoms with Crippen LogP contribution in [0.1, 0.15) is 5.56 Å². The Kier molecular flexibility index (Phi) is 6.02. The summed E-state index contributed by atoms with van der Waals surface area (Å²) < 4.78 is 14.7. The Morgan fingerprint density at radius 2 is 1.78 bits per heavy atom. The fourth-order valence-corrected chi connectivity index (χ4v) is 7.12. The molecule has 3 aromatic rings. The number of carbonyl (C=O) groups is 2. The maximum absolute atomic E-state index is 14.0. The minimum absolute atomic E-state index is 0.128. The number of fused-ring (bicyclic) bond motifs is 1. The van der Waals surface area contributed by atoms with Crippen LogP contribution >= 0.6 is 35.1 Å². The molecule has 3 aliphatic rings. The molecule has 0 bridgehead atoms. The number of nitrogens with zero attached hydrogens (tertiary/aromatic N) is 3. The van der Waals surface area contributed by atoms with E-state index in [2.05, 4.69) is 5.10 Å². The van der Waals surface area contributed by atoms with E-state index in [9.17, 15) is 9.59 Å². The molecular weight excluding hydrogens is 534 g/mol. The average molecular weight is 552 g/mol. The number of esters is 1. The van der Waals surface area contributed by atoms with Gasteiger partial charge in [-0.3, -0.25) is 9.69 Å². The first-order valence-electron chi connectivity index (χ1n) is 11.1. The lowest BCUT2D eigenvalue weighted by Crippen LogP contribution is -2.51. The van der Waals surface area contributed by atoms with Gasteiger partial charge in [0.15, 0.2) is 11.5 Å². The lowest BCUT2D eigenvalue weighted by Gasteiger charge is -2.38. The Labute approximate surface area is 225 Å². The second kappa shape index (κ2) is 9.37. The molecule has 1 amide bonds. The number of hydrazone groups is 1. The van der Waals surface area contributed by atoms with Crippen LogP contribution in [0, 0.1) is 0 Å². The number of benzene rings is 3. The molecule has 186 valence electrons. The molecule has 1 saturated heterocycles. The van der Waals surface area contributed by atoms with Gasteiger partial charge in [0.2, 0.25) is 16.2 Å². The first kappa shape index (κ1) is 23.8. The van der Waals surface area contributed by atoms with Crippen molar-refractivity contribution in [1.29, 1.82) is 0 Å². The molecule has 1 spiro atoms. The van der Waals surface area contributed by atoms with E-state index in [1.807, 2.05) is 48.5 Å². The van der Waals surface area contributed by atoms with Gasteiger partial charge in [-0.15, -0.1) is 0 Å². The first-order valence-corrected chi connectivity index (χ1v) is 13.1. The van der Waals surface area contributed by atoms with E-state index in [0.29, 0.717) is 32.8 Å². The maximum Gasteiger partial charge on any atom is 0.365 e. The highest BCUT2D eigenvalue weighted by Crippen LogP contribution is 2.59. The first-order chi connectivity index (χ1) is 18.0. The summed E-state index contributed by atoms with van der Waals surface area (Å²) in [7, 11) is 1.30. The highest BCUT2D eigenvalue weighted by molar-refractivity contribution is 8.29. The smallest absolute Gasteiger partial charge is 0.365 e. The van der Waals surface area contributed by atoms with Crippen molar-refractivity contribution in [1.82, 2.24) is 0 Å². The van der Waals surface area contributed by atoms with Gasteiger partial charge < -0.3 is 14.2 Å². The zero-order chi connectivity index (χ0) is 25.6. The van der Waals surface area contributed by atoms with E-state index >= 15 is 0 Å². The van der Waals surface area contributed by atoms with Gasteiger partial charge in [0, 0.05) is 10.7 Å². The lowest BCUT2D eigenvalue weighted by molar-refractivity contribution is -0.132. The number of hydrogen-bond donors (Lipinski definition) is 0. The zero-order valence-electron chi connectivity index (χ0n) is 19.3. The Morgan fingerprint density at radius 1 is 1.03 bits per heavy atom. The summed E-state index contributed by atoms with van der Waals surface area (Å²) in [6, 6.07) is 21.8. The molecule has 11 heteroatoms. The normalized spacial score (nSPS) is 21.2. The van der Waals surface area contributed by atoms with Crippen molar-refractivity contribution in [2.75, 3.05) is 23.8 Å². The predicted molar refractivity (Wildman–Crippen MR) is 146 cm³/mol. The predicted octanol–water partition coefficient (Wildman–Crippen LogP) is 5.54. The molecule has 1 unspecified atom stereocenters. The van der Waals surface area contributed by atoms with E-state index in [0.717, 1.165) is 17.3 Å². The minimum Gasteiger partial charge on any atom is -0.464 e. The standard InChI is InChI=1S/C26H18ClN3O5S2/c1-33-25(32)23-28-30(19-10-8-17(27)9-11-19)26(37-23)29(18-5-3-2-4-6-18)24(31)22(36-26)14-16-7-12-20-21(13-16)35-15-34-20/h2-14H,15H2,1H3/b22-14+. The van der Waals surface area contributed by atoms with E-state index in [-0.39, 0.29) is 17.7 Å². The fourth-order valence-electron chi connectivity index (χ4n) is 4.10. The third-order valence-electron chi connectivity index (χ3n) is 5.77. The molecule has 0 radical (unpaired) electrons. The summed E-state index contributed by atoms with van der Waals surface area (Å²) >= 11 is 8.59. The number of hydrogen-bond acceptors (Lipinski definition) is 9. The summed E-state index contributed by atoms with van der Waals surface area (Å²) in [6.45, 7) is 0.161. The molecule has 8 nitrogen and oxygen atoms in total. The average Bonchev–Trinajstić information content (AvgIpc) is 3.61. The number of thioether (sulfide) groups is 2. The fraction of sp³-hybridized carbons (Fsp3) is 0.115. The van der Waals surface area contributed by atoms with Crippen LogP contribution in [0.4, 0.5) is 11.4 Å². The summed E-state index contributed by atoms with van der Waals surface area (Å²) in [6.07, 6.45) is 1.80. The second-order valence-electron chi connectivity index (χ2n) is 8.03. The van der Waals surface area contributed by atoms with Crippen LogP contribution in [-0.2, 0) is 14.3 Å². The van der Waals surface area contributed by atoms with E-state index in [1.54, 1.807) is 40.3 Å². The van der Waals surface area contributed by atoms with Crippen LogP contribution in [0.5, 0.6) is 11.5 Å². The summed E-state index contributed by atoms with van der Waals surface area (Å²) in [4.78, 5) is 28.8. The van der Waals surface area contributed by atoms with Gasteiger partial charge in [0.25, 0.3) is 5.91 Å². The molecule has 3 aliphatic heterocycles. The van der Waals surface area contributed by atoms with Crippen molar-refractivity contribution < 1.29 is 23.8 Å². The molecule has 1 atom stereocenters. The molecule has 1 fully saturated rings. The Bertz CT molecular complexity index is 1460. The van der Waals surface area contributed by atoms with Crippen LogP contribution in [0.3, 0.4) is 0 Å². The molecule has 0 saturated carbocycles. The van der Waals surface area contributed by atoms with Crippen LogP contribution < -0.4 is 19.4 Å². The Hall–Kier alpha value is -3.60. The van der Waals surface area contributed by atoms with Crippen molar-refractivity contribution in [3.8, 4) is 11.5 Å². The van der Waals surface area contributed by atoms with Gasteiger partial charge in [0.05, 0.1) is 17.7 Å². The third kappa shape index (κ3) is 4.11. The molecule has 0 aromatic heterocycles. The molecular formula is C26H18ClN3O5S2. The summed E-state index contributed by atoms with van der Waals surface area (Å²) in [5.41, 5.74) is 2.09. The second-order valence-corrected chi connectivity index (χ2v) is 11.1. The van der Waals surface area contributed by atoms with Crippen molar-refractivity contribution in [3.05, 3.63) is 88.3 Å². The zero-order valence-corrected chi connectivity index (χ0v) is 21.7. The number of halogens is 1. The van der Waals surface area contributed by atoms with Crippen molar-refractivity contribution >= 4 is 69.5 Å². The quantitative estimate of drug-likeness (QED) is 0.309. The number of rotatable bonds is 4. The number of para-hydroxylation sites is 1. The lowest BCUT2D eigenvalue weighted by atomic mass is 10.2. The Morgan fingerprint density at radius 3 is 2.54 bits per heavy atom. The van der Waals surface area contributed by atoms with Gasteiger partial charge in [-0.05, 0) is 71.9 Å². The van der Waals surface area contributed by atoms with Gasteiger partial charge in [0.1, 0.15) is 0 Å². The SMILES string of the molecule is COC(=O)C1=NN(c2ccc(Cl)cc2)C2(S1)S/C(=C/c1ccc3c(c1)OCO3)C(=O)N2c1ccccc1. The van der Waals surface area contributed by atoms with Crippen molar-refractivity contribution in [2.24, 2.45) is 5.10 Å². The number of amides is 1. The van der Waals surface area contributed by atoms with E-state index in [4.69, 9.17) is 25.8 Å². The highest BCUT2D eigenvalue weighted by Gasteiger charge is 2.60. The maximum atomic E-state index is 14.0. The number of ether oxygens (including phenoxy) is 3. The minimum atomic E-state index is -1.17. The summed E-state index contributed by atoms with van der Waals surface area (Å²) in [5.74, 6) is 0.455. The third-order valence-corrected chi connectivity index (χ3v) is 8.72. The monoisotopic (exact) mass is 551 g/mol. The van der Waals surface area contributed by atoms with Crippen LogP contribution in [0.2, 0.25) is 5.02 Å². The highest BCUT2D eigenvalue weighted by atomic mass is 35.5. The molecule has 0 aliphatic carbocycles. The van der Waals surface area contributed by atoms with Gasteiger partial charge >= 0.3 is 5.97 Å². The van der Waals surface area contributed by atoms with Crippen molar-refractivity contribution in [3.63, 3.8) is 0 Å². The van der Waals surface area contributed by atoms with E-state index < -0.39 is 10.3 Å². The van der Waals surface area contributed by atoms with Gasteiger partial charge in [-0.2, -0.15) is 5.10 Å².